The summed E-state index contributed by atoms with van der Waals surface area (Å²) in [6, 6.07) is 15.6. The van der Waals surface area contributed by atoms with Crippen LogP contribution in [0, 0.1) is 0 Å². The fraction of sp³-hybridized carbons (Fsp3) is 0.0714. The highest BCUT2D eigenvalue weighted by molar-refractivity contribution is 7.16. The van der Waals surface area contributed by atoms with E-state index in [1.165, 1.54) is 0 Å². The molecule has 0 fully saturated rings. The number of fused-ring (bicyclic) bond motifs is 1. The first-order chi connectivity index (χ1) is 8.34. The second-order valence-electron chi connectivity index (χ2n) is 3.89. The molecule has 1 unspecified atom stereocenters. The van der Waals surface area contributed by atoms with Crippen LogP contribution < -0.4 is 0 Å². The van der Waals surface area contributed by atoms with Crippen molar-refractivity contribution in [3.63, 3.8) is 0 Å². The zero-order valence-corrected chi connectivity index (χ0v) is 9.89. The molecule has 0 amide bonds. The molecule has 3 aromatic rings. The van der Waals surface area contributed by atoms with Crippen LogP contribution in [0.25, 0.3) is 10.2 Å². The van der Waals surface area contributed by atoms with E-state index >= 15 is 0 Å². The van der Waals surface area contributed by atoms with E-state index in [1.807, 2.05) is 54.0 Å². The maximum absolute atomic E-state index is 10.3. The fourth-order valence-corrected chi connectivity index (χ4v) is 2.53. The Balaban J connectivity index is 2.03. The minimum Gasteiger partial charge on any atom is -0.384 e. The van der Waals surface area contributed by atoms with E-state index in [-0.39, 0.29) is 0 Å². The summed E-state index contributed by atoms with van der Waals surface area (Å²) in [6.07, 6.45) is -0.581. The SMILES string of the molecule is OC(c1ccccc1)c1ccc2scnc2c1. The Morgan fingerprint density at radius 3 is 2.65 bits per heavy atom. The molecule has 3 heteroatoms. The van der Waals surface area contributed by atoms with Crippen LogP contribution in [0.1, 0.15) is 17.2 Å². The monoisotopic (exact) mass is 241 g/mol. The van der Waals surface area contributed by atoms with Gasteiger partial charge in [0.15, 0.2) is 0 Å². The van der Waals surface area contributed by atoms with Gasteiger partial charge in [0.25, 0.3) is 0 Å². The molecular weight excluding hydrogens is 230 g/mol. The molecule has 0 aliphatic carbocycles. The summed E-state index contributed by atoms with van der Waals surface area (Å²) in [5.74, 6) is 0. The van der Waals surface area contributed by atoms with Gasteiger partial charge in [0, 0.05) is 0 Å². The second kappa shape index (κ2) is 4.28. The van der Waals surface area contributed by atoms with E-state index < -0.39 is 6.10 Å². The quantitative estimate of drug-likeness (QED) is 0.746. The standard InChI is InChI=1S/C14H11NOS/c16-14(10-4-2-1-3-5-10)11-6-7-13-12(8-11)15-9-17-13/h1-9,14,16H. The van der Waals surface area contributed by atoms with Crippen LogP contribution in [0.3, 0.4) is 0 Å². The van der Waals surface area contributed by atoms with Crippen LogP contribution in [0.5, 0.6) is 0 Å². The molecule has 0 aliphatic rings. The molecule has 0 aliphatic heterocycles. The maximum atomic E-state index is 10.3. The molecule has 1 atom stereocenters. The number of hydrogen-bond acceptors (Lipinski definition) is 3. The molecule has 1 aromatic heterocycles. The first-order valence-electron chi connectivity index (χ1n) is 5.41. The average molecular weight is 241 g/mol. The predicted octanol–water partition coefficient (Wildman–Crippen LogP) is 3.38. The highest BCUT2D eigenvalue weighted by Crippen LogP contribution is 2.26. The molecule has 17 heavy (non-hydrogen) atoms. The van der Waals surface area contributed by atoms with Crippen molar-refractivity contribution in [3.8, 4) is 0 Å². The fourth-order valence-electron chi connectivity index (χ4n) is 1.87. The second-order valence-corrected chi connectivity index (χ2v) is 4.78. The van der Waals surface area contributed by atoms with Gasteiger partial charge in [-0.15, -0.1) is 11.3 Å². The van der Waals surface area contributed by atoms with Gasteiger partial charge in [-0.2, -0.15) is 0 Å². The Morgan fingerprint density at radius 2 is 1.82 bits per heavy atom. The van der Waals surface area contributed by atoms with E-state index in [0.717, 1.165) is 21.3 Å². The van der Waals surface area contributed by atoms with Crippen molar-refractivity contribution in [2.45, 2.75) is 6.10 Å². The van der Waals surface area contributed by atoms with Crippen LogP contribution in [-0.2, 0) is 0 Å². The topological polar surface area (TPSA) is 33.1 Å². The van der Waals surface area contributed by atoms with Crippen molar-refractivity contribution in [1.29, 1.82) is 0 Å². The van der Waals surface area contributed by atoms with E-state index in [2.05, 4.69) is 4.98 Å². The Kier molecular flexibility index (Phi) is 2.63. The van der Waals surface area contributed by atoms with Gasteiger partial charge in [0.05, 0.1) is 15.7 Å². The molecule has 1 heterocycles. The molecule has 2 aromatic carbocycles. The number of nitrogens with zero attached hydrogens (tertiary/aromatic N) is 1. The first kappa shape index (κ1) is 10.4. The Morgan fingerprint density at radius 1 is 1.00 bits per heavy atom. The van der Waals surface area contributed by atoms with Crippen LogP contribution in [0.4, 0.5) is 0 Å². The summed E-state index contributed by atoms with van der Waals surface area (Å²) >= 11 is 1.61. The Hall–Kier alpha value is -1.71. The summed E-state index contributed by atoms with van der Waals surface area (Å²) < 4.78 is 1.15. The van der Waals surface area contributed by atoms with Crippen molar-refractivity contribution in [3.05, 3.63) is 65.2 Å². The summed E-state index contributed by atoms with van der Waals surface area (Å²) in [7, 11) is 0. The van der Waals surface area contributed by atoms with E-state index in [0.29, 0.717) is 0 Å². The number of rotatable bonds is 2. The van der Waals surface area contributed by atoms with Gasteiger partial charge < -0.3 is 5.11 Å². The summed E-state index contributed by atoms with van der Waals surface area (Å²) in [5.41, 5.74) is 4.56. The van der Waals surface area contributed by atoms with Crippen molar-refractivity contribution in [1.82, 2.24) is 4.98 Å². The lowest BCUT2D eigenvalue weighted by molar-refractivity contribution is 0.220. The maximum Gasteiger partial charge on any atom is 0.104 e. The number of aromatic nitrogens is 1. The highest BCUT2D eigenvalue weighted by atomic mass is 32.1. The van der Waals surface area contributed by atoms with Gasteiger partial charge in [-0.05, 0) is 23.3 Å². The number of hydrogen-bond donors (Lipinski definition) is 1. The number of thiazole rings is 1. The molecule has 3 rings (SSSR count). The lowest BCUT2D eigenvalue weighted by atomic mass is 10.0. The van der Waals surface area contributed by atoms with Gasteiger partial charge >= 0.3 is 0 Å². The molecule has 84 valence electrons. The Labute approximate surface area is 103 Å². The highest BCUT2D eigenvalue weighted by Gasteiger charge is 2.10. The zero-order valence-electron chi connectivity index (χ0n) is 9.08. The molecule has 0 bridgehead atoms. The normalized spacial score (nSPS) is 12.8. The molecule has 2 nitrogen and oxygen atoms in total. The third-order valence-electron chi connectivity index (χ3n) is 2.79. The Bertz CT molecular complexity index is 633. The summed E-state index contributed by atoms with van der Waals surface area (Å²) in [6.45, 7) is 0. The summed E-state index contributed by atoms with van der Waals surface area (Å²) in [5, 5.41) is 10.3. The third kappa shape index (κ3) is 1.95. The molecule has 0 saturated carbocycles. The van der Waals surface area contributed by atoms with Gasteiger partial charge in [-0.25, -0.2) is 4.98 Å². The number of benzene rings is 2. The lowest BCUT2D eigenvalue weighted by Gasteiger charge is -2.11. The minimum absolute atomic E-state index is 0.581. The molecule has 0 spiro atoms. The van der Waals surface area contributed by atoms with E-state index in [1.54, 1.807) is 11.3 Å². The van der Waals surface area contributed by atoms with Crippen LogP contribution in [-0.4, -0.2) is 10.1 Å². The van der Waals surface area contributed by atoms with Gasteiger partial charge in [-0.1, -0.05) is 36.4 Å². The first-order valence-corrected chi connectivity index (χ1v) is 6.29. The molecule has 0 saturated heterocycles. The van der Waals surface area contributed by atoms with Gasteiger partial charge in [0.1, 0.15) is 6.10 Å². The minimum atomic E-state index is -0.581. The van der Waals surface area contributed by atoms with Crippen LogP contribution >= 0.6 is 11.3 Å². The van der Waals surface area contributed by atoms with Crippen LogP contribution in [0.15, 0.2) is 54.0 Å². The molecular formula is C14H11NOS. The van der Waals surface area contributed by atoms with Gasteiger partial charge in [-0.3, -0.25) is 0 Å². The smallest absolute Gasteiger partial charge is 0.104 e. The van der Waals surface area contributed by atoms with Crippen molar-refractivity contribution >= 4 is 21.6 Å². The van der Waals surface area contributed by atoms with Crippen molar-refractivity contribution in [2.24, 2.45) is 0 Å². The van der Waals surface area contributed by atoms with Crippen molar-refractivity contribution in [2.75, 3.05) is 0 Å². The third-order valence-corrected chi connectivity index (χ3v) is 3.60. The summed E-state index contributed by atoms with van der Waals surface area (Å²) in [4.78, 5) is 4.26. The van der Waals surface area contributed by atoms with Crippen molar-refractivity contribution < 1.29 is 5.11 Å². The number of aliphatic hydroxyl groups excluding tert-OH is 1. The molecule has 0 radical (unpaired) electrons. The predicted molar refractivity (Wildman–Crippen MR) is 70.1 cm³/mol. The average Bonchev–Trinajstić information content (AvgIpc) is 2.86. The largest absolute Gasteiger partial charge is 0.384 e. The van der Waals surface area contributed by atoms with Crippen LogP contribution in [0.2, 0.25) is 0 Å². The van der Waals surface area contributed by atoms with E-state index in [9.17, 15) is 5.11 Å². The number of aliphatic hydroxyl groups is 1. The lowest BCUT2D eigenvalue weighted by Crippen LogP contribution is -1.98. The molecule has 1 N–H and O–H groups in total. The zero-order chi connectivity index (χ0) is 11.7. The van der Waals surface area contributed by atoms with Gasteiger partial charge in [0.2, 0.25) is 0 Å². The van der Waals surface area contributed by atoms with E-state index in [4.69, 9.17) is 0 Å².